The third-order valence-corrected chi connectivity index (χ3v) is 6.10. The third kappa shape index (κ3) is 3.05. The van der Waals surface area contributed by atoms with E-state index in [2.05, 4.69) is 15.2 Å². The minimum absolute atomic E-state index is 0.0727. The number of fused-ring (bicyclic) bond motifs is 2. The van der Waals surface area contributed by atoms with Gasteiger partial charge in [-0.25, -0.2) is 4.98 Å². The van der Waals surface area contributed by atoms with Gasteiger partial charge in [-0.2, -0.15) is 0 Å². The average molecular weight is 321 g/mol. The van der Waals surface area contributed by atoms with Gasteiger partial charge in [0.1, 0.15) is 0 Å². The first kappa shape index (κ1) is 14.6. The van der Waals surface area contributed by atoms with Gasteiger partial charge in [-0.15, -0.1) is 11.3 Å². The second-order valence-electron chi connectivity index (χ2n) is 6.63. The number of amides is 1. The second-order valence-corrected chi connectivity index (χ2v) is 7.71. The van der Waals surface area contributed by atoms with Gasteiger partial charge in [0.05, 0.1) is 18.3 Å². The van der Waals surface area contributed by atoms with Crippen LogP contribution in [0.15, 0.2) is 0 Å². The predicted octanol–water partition coefficient (Wildman–Crippen LogP) is 2.07. The Morgan fingerprint density at radius 1 is 1.36 bits per heavy atom. The Bertz CT molecular complexity index is 536. The summed E-state index contributed by atoms with van der Waals surface area (Å²) in [6, 6.07) is 0. The molecule has 1 amide bonds. The summed E-state index contributed by atoms with van der Waals surface area (Å²) >= 11 is 1.66. The highest BCUT2D eigenvalue weighted by Gasteiger charge is 2.34. The Hall–Kier alpha value is -0.980. The van der Waals surface area contributed by atoms with Crippen molar-refractivity contribution in [3.05, 3.63) is 10.6 Å². The Balaban J connectivity index is 1.31. The monoisotopic (exact) mass is 321 g/mol. The maximum absolute atomic E-state index is 12.3. The zero-order chi connectivity index (χ0) is 14.9. The zero-order valence-corrected chi connectivity index (χ0v) is 13.7. The van der Waals surface area contributed by atoms with Crippen molar-refractivity contribution in [3.8, 4) is 0 Å². The molecule has 0 aromatic carbocycles. The summed E-state index contributed by atoms with van der Waals surface area (Å²) in [7, 11) is 0. The maximum Gasteiger partial charge on any atom is 0.240 e. The molecule has 3 heterocycles. The summed E-state index contributed by atoms with van der Waals surface area (Å²) < 4.78 is 5.72. The second kappa shape index (κ2) is 6.26. The molecule has 0 unspecified atom stereocenters. The standard InChI is InChI=1S/C16H23N3O2S/c20-15(10-19-7-5-13-11(9-19)6-8-21-13)18-16-17-12-3-1-2-4-14(12)22-16/h11,13H,1-10H2,(H,17,18,20)/t11-,13+/m1/s1. The van der Waals surface area contributed by atoms with E-state index in [0.717, 1.165) is 50.5 Å². The number of thiazole rings is 1. The number of rotatable bonds is 3. The Labute approximate surface area is 135 Å². The van der Waals surface area contributed by atoms with Crippen molar-refractivity contribution in [2.45, 2.75) is 44.6 Å². The SMILES string of the molecule is O=C(CN1CC[C@@H]2OCC[C@@H]2C1)Nc1nc2c(s1)CCCC2. The van der Waals surface area contributed by atoms with Gasteiger partial charge in [-0.05, 0) is 38.5 Å². The first-order valence-electron chi connectivity index (χ1n) is 8.40. The van der Waals surface area contributed by atoms with Crippen LogP contribution in [0.25, 0.3) is 0 Å². The molecule has 3 aliphatic rings. The van der Waals surface area contributed by atoms with Crippen LogP contribution in [0.2, 0.25) is 0 Å². The molecular weight excluding hydrogens is 298 g/mol. The Morgan fingerprint density at radius 2 is 2.27 bits per heavy atom. The van der Waals surface area contributed by atoms with Gasteiger partial charge >= 0.3 is 0 Å². The van der Waals surface area contributed by atoms with E-state index in [1.165, 1.54) is 23.4 Å². The van der Waals surface area contributed by atoms with Crippen LogP contribution in [-0.4, -0.2) is 48.1 Å². The highest BCUT2D eigenvalue weighted by molar-refractivity contribution is 7.15. The van der Waals surface area contributed by atoms with Crippen LogP contribution in [0.3, 0.4) is 0 Å². The number of piperidine rings is 1. The van der Waals surface area contributed by atoms with Gasteiger partial charge in [0, 0.05) is 30.5 Å². The molecule has 1 aliphatic carbocycles. The van der Waals surface area contributed by atoms with Crippen LogP contribution in [-0.2, 0) is 22.4 Å². The molecule has 0 spiro atoms. The van der Waals surface area contributed by atoms with E-state index < -0.39 is 0 Å². The molecule has 4 rings (SSSR count). The molecule has 0 bridgehead atoms. The molecule has 2 saturated heterocycles. The van der Waals surface area contributed by atoms with Gasteiger partial charge < -0.3 is 10.1 Å². The number of aromatic nitrogens is 1. The van der Waals surface area contributed by atoms with Crippen molar-refractivity contribution in [3.63, 3.8) is 0 Å². The van der Waals surface area contributed by atoms with Crippen LogP contribution in [0.4, 0.5) is 5.13 Å². The number of hydrogen-bond acceptors (Lipinski definition) is 5. The molecule has 0 saturated carbocycles. The van der Waals surface area contributed by atoms with Gasteiger partial charge in [0.25, 0.3) is 0 Å². The summed E-state index contributed by atoms with van der Waals surface area (Å²) in [5, 5.41) is 3.79. The summed E-state index contributed by atoms with van der Waals surface area (Å²) in [5.74, 6) is 0.692. The lowest BCUT2D eigenvalue weighted by Crippen LogP contribution is -2.44. The number of ether oxygens (including phenoxy) is 1. The molecule has 1 aromatic heterocycles. The van der Waals surface area contributed by atoms with E-state index in [0.29, 0.717) is 18.6 Å². The van der Waals surface area contributed by atoms with E-state index in [-0.39, 0.29) is 5.91 Å². The van der Waals surface area contributed by atoms with Crippen molar-refractivity contribution >= 4 is 22.4 Å². The fraction of sp³-hybridized carbons (Fsp3) is 0.750. The number of aryl methyl sites for hydroxylation is 2. The molecule has 1 N–H and O–H groups in total. The van der Waals surface area contributed by atoms with E-state index >= 15 is 0 Å². The van der Waals surface area contributed by atoms with Crippen LogP contribution in [0.5, 0.6) is 0 Å². The van der Waals surface area contributed by atoms with Gasteiger partial charge in [-0.3, -0.25) is 9.69 Å². The maximum atomic E-state index is 12.3. The minimum atomic E-state index is 0.0727. The van der Waals surface area contributed by atoms with Crippen LogP contribution < -0.4 is 5.32 Å². The molecule has 5 nitrogen and oxygen atoms in total. The van der Waals surface area contributed by atoms with E-state index in [1.54, 1.807) is 11.3 Å². The minimum Gasteiger partial charge on any atom is -0.378 e. The number of likely N-dealkylation sites (tertiary alicyclic amines) is 1. The van der Waals surface area contributed by atoms with Crippen molar-refractivity contribution in [1.82, 2.24) is 9.88 Å². The molecule has 22 heavy (non-hydrogen) atoms. The zero-order valence-electron chi connectivity index (χ0n) is 12.8. The smallest absolute Gasteiger partial charge is 0.240 e. The summed E-state index contributed by atoms with van der Waals surface area (Å²) in [4.78, 5) is 20.5. The number of carbonyl (C=O) groups is 1. The Morgan fingerprint density at radius 3 is 3.18 bits per heavy atom. The van der Waals surface area contributed by atoms with Crippen LogP contribution in [0.1, 0.15) is 36.3 Å². The van der Waals surface area contributed by atoms with Gasteiger partial charge in [0.15, 0.2) is 5.13 Å². The number of anilines is 1. The predicted molar refractivity (Wildman–Crippen MR) is 86.3 cm³/mol. The third-order valence-electron chi connectivity index (χ3n) is 5.03. The fourth-order valence-corrected chi connectivity index (χ4v) is 4.93. The van der Waals surface area contributed by atoms with E-state index in [1.807, 2.05) is 0 Å². The molecule has 2 atom stereocenters. The summed E-state index contributed by atoms with van der Waals surface area (Å²) in [5.41, 5.74) is 1.20. The molecular formula is C16H23N3O2S. The molecule has 2 aliphatic heterocycles. The van der Waals surface area contributed by atoms with Crippen LogP contribution >= 0.6 is 11.3 Å². The van der Waals surface area contributed by atoms with E-state index in [9.17, 15) is 4.79 Å². The van der Waals surface area contributed by atoms with Crippen molar-refractivity contribution < 1.29 is 9.53 Å². The highest BCUT2D eigenvalue weighted by Crippen LogP contribution is 2.30. The molecule has 1 aromatic rings. The first-order valence-corrected chi connectivity index (χ1v) is 9.22. The largest absolute Gasteiger partial charge is 0.378 e. The normalized spacial score (nSPS) is 28.2. The number of hydrogen-bond donors (Lipinski definition) is 1. The number of carbonyl (C=O) groups excluding carboxylic acids is 1. The summed E-state index contributed by atoms with van der Waals surface area (Å²) in [6.07, 6.45) is 7.30. The molecule has 120 valence electrons. The lowest BCUT2D eigenvalue weighted by atomic mass is 9.94. The lowest BCUT2D eigenvalue weighted by Gasteiger charge is -2.33. The topological polar surface area (TPSA) is 54.5 Å². The fourth-order valence-electron chi connectivity index (χ4n) is 3.86. The molecule has 6 heteroatoms. The highest BCUT2D eigenvalue weighted by atomic mass is 32.1. The van der Waals surface area contributed by atoms with E-state index in [4.69, 9.17) is 4.74 Å². The average Bonchev–Trinajstić information content (AvgIpc) is 3.11. The molecule has 0 radical (unpaired) electrons. The number of nitrogens with zero attached hydrogens (tertiary/aromatic N) is 2. The van der Waals surface area contributed by atoms with Crippen molar-refractivity contribution in [2.24, 2.45) is 5.92 Å². The Kier molecular flexibility index (Phi) is 4.15. The van der Waals surface area contributed by atoms with Crippen molar-refractivity contribution in [1.29, 1.82) is 0 Å². The molecule has 2 fully saturated rings. The van der Waals surface area contributed by atoms with Gasteiger partial charge in [-0.1, -0.05) is 0 Å². The van der Waals surface area contributed by atoms with Gasteiger partial charge in [0.2, 0.25) is 5.91 Å². The quantitative estimate of drug-likeness (QED) is 0.926. The summed E-state index contributed by atoms with van der Waals surface area (Å²) in [6.45, 7) is 3.32. The van der Waals surface area contributed by atoms with Crippen LogP contribution in [0, 0.1) is 5.92 Å². The first-order chi connectivity index (χ1) is 10.8. The van der Waals surface area contributed by atoms with Crippen molar-refractivity contribution in [2.75, 3.05) is 31.6 Å². The lowest BCUT2D eigenvalue weighted by molar-refractivity contribution is -0.118. The number of nitrogens with one attached hydrogen (secondary N) is 1.